The smallest absolute Gasteiger partial charge is 0.243 e. The molecule has 2 saturated heterocycles. The molecule has 7 nitrogen and oxygen atoms in total. The second-order valence-electron chi connectivity index (χ2n) is 7.85. The van der Waals surface area contributed by atoms with E-state index in [2.05, 4.69) is 0 Å². The third kappa shape index (κ3) is 4.68. The fourth-order valence-corrected chi connectivity index (χ4v) is 6.94. The van der Waals surface area contributed by atoms with Crippen molar-refractivity contribution >= 4 is 20.0 Å². The minimum Gasteiger partial charge on any atom is -0.296 e. The van der Waals surface area contributed by atoms with Crippen molar-refractivity contribution in [3.63, 3.8) is 0 Å². The number of nitrogens with zero attached hydrogens (tertiary/aromatic N) is 3. The van der Waals surface area contributed by atoms with Crippen LogP contribution in [0.15, 0.2) is 58.3 Å². The number of benzene rings is 2. The molecule has 0 saturated carbocycles. The molecular weight excluding hydrogens is 441 g/mol. The predicted molar refractivity (Wildman–Crippen MR) is 115 cm³/mol. The lowest BCUT2D eigenvalue weighted by molar-refractivity contribution is 0.180. The molecule has 0 bridgehead atoms. The number of hydrogen-bond acceptors (Lipinski definition) is 5. The SMILES string of the molecule is O=S(=O)(c1ccc(S(=O)(=O)N2CCN(Cc3ccccc3F)CC2)cc1)N1CCCC1. The maximum absolute atomic E-state index is 13.9. The van der Waals surface area contributed by atoms with Crippen molar-refractivity contribution in [2.45, 2.75) is 29.2 Å². The molecule has 0 atom stereocenters. The van der Waals surface area contributed by atoms with Gasteiger partial charge in [-0.3, -0.25) is 4.90 Å². The van der Waals surface area contributed by atoms with Crippen molar-refractivity contribution in [2.24, 2.45) is 0 Å². The average molecular weight is 468 g/mol. The van der Waals surface area contributed by atoms with Gasteiger partial charge in [0.1, 0.15) is 5.82 Å². The lowest BCUT2D eigenvalue weighted by Crippen LogP contribution is -2.48. The molecule has 2 aromatic carbocycles. The van der Waals surface area contributed by atoms with Crippen molar-refractivity contribution in [3.8, 4) is 0 Å². The van der Waals surface area contributed by atoms with Crippen LogP contribution in [0.4, 0.5) is 4.39 Å². The third-order valence-electron chi connectivity index (χ3n) is 5.85. The molecule has 2 fully saturated rings. The molecule has 2 aliphatic rings. The van der Waals surface area contributed by atoms with Gasteiger partial charge < -0.3 is 0 Å². The van der Waals surface area contributed by atoms with Gasteiger partial charge in [-0.25, -0.2) is 21.2 Å². The molecule has 0 amide bonds. The van der Waals surface area contributed by atoms with Gasteiger partial charge in [-0.15, -0.1) is 0 Å². The highest BCUT2D eigenvalue weighted by molar-refractivity contribution is 7.89. The van der Waals surface area contributed by atoms with Gasteiger partial charge in [0.2, 0.25) is 20.0 Å². The van der Waals surface area contributed by atoms with E-state index in [1.54, 1.807) is 18.2 Å². The fourth-order valence-electron chi connectivity index (χ4n) is 4.01. The Balaban J connectivity index is 1.41. The Labute approximate surface area is 183 Å². The van der Waals surface area contributed by atoms with Gasteiger partial charge in [0.05, 0.1) is 9.79 Å². The summed E-state index contributed by atoms with van der Waals surface area (Å²) >= 11 is 0. The summed E-state index contributed by atoms with van der Waals surface area (Å²) in [5.74, 6) is -0.262. The van der Waals surface area contributed by atoms with E-state index in [4.69, 9.17) is 0 Å². The first-order valence-electron chi connectivity index (χ1n) is 10.3. The number of halogens is 1. The maximum Gasteiger partial charge on any atom is 0.243 e. The number of piperazine rings is 1. The van der Waals surface area contributed by atoms with E-state index in [0.29, 0.717) is 51.4 Å². The minimum absolute atomic E-state index is 0.0791. The minimum atomic E-state index is -3.72. The van der Waals surface area contributed by atoms with E-state index in [1.165, 1.54) is 38.9 Å². The van der Waals surface area contributed by atoms with E-state index in [-0.39, 0.29) is 15.6 Å². The molecule has 0 spiro atoms. The molecular formula is C21H26FN3O4S2. The molecule has 4 rings (SSSR count). The quantitative estimate of drug-likeness (QED) is 0.650. The Kier molecular flexibility index (Phi) is 6.45. The second-order valence-corrected chi connectivity index (χ2v) is 11.7. The molecule has 168 valence electrons. The zero-order chi connectivity index (χ0) is 22.1. The van der Waals surface area contributed by atoms with Gasteiger partial charge in [-0.2, -0.15) is 8.61 Å². The van der Waals surface area contributed by atoms with Crippen LogP contribution in [-0.2, 0) is 26.6 Å². The van der Waals surface area contributed by atoms with Gasteiger partial charge >= 0.3 is 0 Å². The summed E-state index contributed by atoms with van der Waals surface area (Å²) in [5.41, 5.74) is 0.591. The molecule has 0 unspecified atom stereocenters. The number of sulfonamides is 2. The van der Waals surface area contributed by atoms with Crippen LogP contribution < -0.4 is 0 Å². The second kappa shape index (κ2) is 8.95. The summed E-state index contributed by atoms with van der Waals surface area (Å²) in [6.45, 7) is 3.02. The van der Waals surface area contributed by atoms with E-state index < -0.39 is 20.0 Å². The Morgan fingerprint density at radius 1 is 0.677 bits per heavy atom. The van der Waals surface area contributed by atoms with Crippen LogP contribution in [0, 0.1) is 5.82 Å². The number of hydrogen-bond donors (Lipinski definition) is 0. The third-order valence-corrected chi connectivity index (χ3v) is 9.67. The zero-order valence-corrected chi connectivity index (χ0v) is 18.8. The van der Waals surface area contributed by atoms with Crippen molar-refractivity contribution in [1.82, 2.24) is 13.5 Å². The van der Waals surface area contributed by atoms with Crippen LogP contribution in [0.1, 0.15) is 18.4 Å². The van der Waals surface area contributed by atoms with E-state index in [9.17, 15) is 21.2 Å². The monoisotopic (exact) mass is 467 g/mol. The lowest BCUT2D eigenvalue weighted by atomic mass is 10.2. The van der Waals surface area contributed by atoms with Crippen LogP contribution in [0.25, 0.3) is 0 Å². The van der Waals surface area contributed by atoms with Crippen LogP contribution in [-0.4, -0.2) is 69.6 Å². The normalized spacial score (nSPS) is 19.6. The van der Waals surface area contributed by atoms with E-state index in [0.717, 1.165) is 12.8 Å². The van der Waals surface area contributed by atoms with Crippen LogP contribution in [0.3, 0.4) is 0 Å². The highest BCUT2D eigenvalue weighted by Crippen LogP contribution is 2.24. The molecule has 0 radical (unpaired) electrons. The van der Waals surface area contributed by atoms with Gasteiger partial charge in [-0.1, -0.05) is 18.2 Å². The topological polar surface area (TPSA) is 78.0 Å². The van der Waals surface area contributed by atoms with Gasteiger partial charge in [0.15, 0.2) is 0 Å². The summed E-state index contributed by atoms with van der Waals surface area (Å²) in [6.07, 6.45) is 1.68. The van der Waals surface area contributed by atoms with Crippen molar-refractivity contribution in [3.05, 3.63) is 59.9 Å². The van der Waals surface area contributed by atoms with Crippen molar-refractivity contribution < 1.29 is 21.2 Å². The standard InChI is InChI=1S/C21H26FN3O4S2/c22-21-6-2-1-5-18(21)17-23-13-15-25(16-14-23)31(28,29)20-9-7-19(8-10-20)30(26,27)24-11-3-4-12-24/h1-2,5-10H,3-4,11-17H2. The molecule has 2 aliphatic heterocycles. The highest BCUT2D eigenvalue weighted by Gasteiger charge is 2.30. The van der Waals surface area contributed by atoms with Crippen molar-refractivity contribution in [2.75, 3.05) is 39.3 Å². The Hall–Kier alpha value is -1.85. The molecule has 31 heavy (non-hydrogen) atoms. The van der Waals surface area contributed by atoms with Crippen LogP contribution in [0.2, 0.25) is 0 Å². The molecule has 0 aromatic heterocycles. The Bertz CT molecular complexity index is 1120. The van der Waals surface area contributed by atoms with E-state index >= 15 is 0 Å². The highest BCUT2D eigenvalue weighted by atomic mass is 32.2. The predicted octanol–water partition coefficient (Wildman–Crippen LogP) is 2.12. The van der Waals surface area contributed by atoms with Gasteiger partial charge in [-0.05, 0) is 43.2 Å². The number of rotatable bonds is 6. The lowest BCUT2D eigenvalue weighted by Gasteiger charge is -2.34. The first-order chi connectivity index (χ1) is 14.8. The summed E-state index contributed by atoms with van der Waals surface area (Å²) in [7, 11) is -7.30. The fraction of sp³-hybridized carbons (Fsp3) is 0.429. The van der Waals surface area contributed by atoms with Gasteiger partial charge in [0, 0.05) is 51.4 Å². The van der Waals surface area contributed by atoms with Crippen molar-refractivity contribution in [1.29, 1.82) is 0 Å². The average Bonchev–Trinajstić information content (AvgIpc) is 3.32. The maximum atomic E-state index is 13.9. The Morgan fingerprint density at radius 3 is 1.68 bits per heavy atom. The molecule has 0 N–H and O–H groups in total. The zero-order valence-electron chi connectivity index (χ0n) is 17.2. The Morgan fingerprint density at radius 2 is 1.16 bits per heavy atom. The first-order valence-corrected chi connectivity index (χ1v) is 13.2. The largest absolute Gasteiger partial charge is 0.296 e. The summed E-state index contributed by atoms with van der Waals surface area (Å²) < 4.78 is 68.0. The molecule has 2 aromatic rings. The van der Waals surface area contributed by atoms with E-state index in [1.807, 2.05) is 4.90 Å². The summed E-state index contributed by atoms with van der Waals surface area (Å²) in [4.78, 5) is 2.22. The molecule has 2 heterocycles. The van der Waals surface area contributed by atoms with Crippen LogP contribution >= 0.6 is 0 Å². The molecule has 0 aliphatic carbocycles. The summed E-state index contributed by atoms with van der Waals surface area (Å²) in [6, 6.07) is 12.1. The van der Waals surface area contributed by atoms with Gasteiger partial charge in [0.25, 0.3) is 0 Å². The summed E-state index contributed by atoms with van der Waals surface area (Å²) in [5, 5.41) is 0. The first kappa shape index (κ1) is 22.3. The van der Waals surface area contributed by atoms with Crippen LogP contribution in [0.5, 0.6) is 0 Å². The molecule has 10 heteroatoms.